The molecule has 1 atom stereocenters. The Morgan fingerprint density at radius 1 is 1.03 bits per heavy atom. The van der Waals surface area contributed by atoms with Gasteiger partial charge in [0.1, 0.15) is 13.2 Å². The number of amides is 3. The second-order valence-electron chi connectivity index (χ2n) is 6.34. The highest BCUT2D eigenvalue weighted by molar-refractivity contribution is 6.02. The van der Waals surface area contributed by atoms with E-state index >= 15 is 0 Å². The number of ether oxygens (including phenoxy) is 3. The van der Waals surface area contributed by atoms with Gasteiger partial charge in [-0.3, -0.25) is 14.9 Å². The molecule has 1 heterocycles. The van der Waals surface area contributed by atoms with Crippen LogP contribution in [0.2, 0.25) is 0 Å². The third kappa shape index (κ3) is 5.47. The van der Waals surface area contributed by atoms with Gasteiger partial charge in [0.05, 0.1) is 5.92 Å². The summed E-state index contributed by atoms with van der Waals surface area (Å²) in [4.78, 5) is 36.2. The first-order valence-electron chi connectivity index (χ1n) is 9.29. The molecule has 0 radical (unpaired) electrons. The zero-order valence-corrected chi connectivity index (χ0v) is 16.0. The number of nitrogens with one attached hydrogen (secondary N) is 2. The first-order chi connectivity index (χ1) is 14.1. The highest BCUT2D eigenvalue weighted by Gasteiger charge is 2.21. The van der Waals surface area contributed by atoms with E-state index in [2.05, 4.69) is 10.6 Å². The Labute approximate surface area is 168 Å². The number of fused-ring (bicyclic) bond motifs is 1. The highest BCUT2D eigenvalue weighted by atomic mass is 16.6. The van der Waals surface area contributed by atoms with Crippen LogP contribution >= 0.6 is 0 Å². The Bertz CT molecular complexity index is 884. The number of benzene rings is 2. The van der Waals surface area contributed by atoms with Crippen molar-refractivity contribution >= 4 is 23.6 Å². The molecule has 0 spiro atoms. The number of urea groups is 1. The summed E-state index contributed by atoms with van der Waals surface area (Å²) >= 11 is 0. The van der Waals surface area contributed by atoms with E-state index in [1.807, 2.05) is 37.3 Å². The van der Waals surface area contributed by atoms with E-state index < -0.39 is 30.4 Å². The van der Waals surface area contributed by atoms with E-state index in [4.69, 9.17) is 14.2 Å². The molecule has 8 heteroatoms. The van der Waals surface area contributed by atoms with Crippen LogP contribution in [0.3, 0.4) is 0 Å². The van der Waals surface area contributed by atoms with Crippen LogP contribution in [0.4, 0.5) is 10.5 Å². The number of hydrogen-bond donors (Lipinski definition) is 2. The average molecular weight is 398 g/mol. The lowest BCUT2D eigenvalue weighted by molar-refractivity contribution is -0.149. The van der Waals surface area contributed by atoms with Crippen LogP contribution in [-0.2, 0) is 14.3 Å². The van der Waals surface area contributed by atoms with Crippen molar-refractivity contribution in [3.8, 4) is 11.5 Å². The fourth-order valence-electron chi connectivity index (χ4n) is 2.91. The second-order valence-corrected chi connectivity index (χ2v) is 6.34. The van der Waals surface area contributed by atoms with Gasteiger partial charge in [0.25, 0.3) is 5.91 Å². The lowest BCUT2D eigenvalue weighted by Crippen LogP contribution is -2.37. The number of rotatable bonds is 6. The highest BCUT2D eigenvalue weighted by Crippen LogP contribution is 2.32. The molecule has 1 aliphatic heterocycles. The summed E-state index contributed by atoms with van der Waals surface area (Å²) in [5.41, 5.74) is 1.25. The molecule has 3 amide bonds. The van der Waals surface area contributed by atoms with Crippen LogP contribution in [0.15, 0.2) is 48.5 Å². The number of imide groups is 1. The summed E-state index contributed by atoms with van der Waals surface area (Å²) in [5, 5.41) is 4.65. The summed E-state index contributed by atoms with van der Waals surface area (Å²) < 4.78 is 15.9. The number of hydrogen-bond acceptors (Lipinski definition) is 6. The first kappa shape index (κ1) is 20.2. The predicted octanol–water partition coefficient (Wildman–Crippen LogP) is 2.84. The van der Waals surface area contributed by atoms with Crippen molar-refractivity contribution in [3.63, 3.8) is 0 Å². The van der Waals surface area contributed by atoms with Crippen LogP contribution in [-0.4, -0.2) is 37.7 Å². The molecule has 152 valence electrons. The van der Waals surface area contributed by atoms with Gasteiger partial charge in [0.2, 0.25) is 0 Å². The molecule has 29 heavy (non-hydrogen) atoms. The Hall–Kier alpha value is -3.55. The Kier molecular flexibility index (Phi) is 6.67. The maximum absolute atomic E-state index is 12.3. The molecule has 2 aromatic rings. The maximum atomic E-state index is 12.3. The summed E-state index contributed by atoms with van der Waals surface area (Å²) in [6, 6.07) is 13.3. The van der Waals surface area contributed by atoms with Gasteiger partial charge >= 0.3 is 12.0 Å². The number of carbonyl (C=O) groups excluding carboxylic acids is 3. The minimum atomic E-state index is -0.738. The van der Waals surface area contributed by atoms with Gasteiger partial charge in [-0.1, -0.05) is 37.3 Å². The van der Waals surface area contributed by atoms with Crippen molar-refractivity contribution in [2.24, 2.45) is 0 Å². The lowest BCUT2D eigenvalue weighted by Gasteiger charge is -2.19. The van der Waals surface area contributed by atoms with Gasteiger partial charge in [-0.05, 0) is 24.1 Å². The van der Waals surface area contributed by atoms with Crippen molar-refractivity contribution < 1.29 is 28.6 Å². The van der Waals surface area contributed by atoms with E-state index in [1.165, 1.54) is 0 Å². The third-order valence-electron chi connectivity index (χ3n) is 4.29. The normalized spacial score (nSPS) is 13.1. The quantitative estimate of drug-likeness (QED) is 0.726. The van der Waals surface area contributed by atoms with E-state index in [1.54, 1.807) is 18.2 Å². The Morgan fingerprint density at radius 3 is 2.48 bits per heavy atom. The molecule has 3 rings (SSSR count). The molecular formula is C21H22N2O6. The molecule has 0 aliphatic carbocycles. The topological polar surface area (TPSA) is 103 Å². The minimum absolute atomic E-state index is 0.425. The van der Waals surface area contributed by atoms with Crippen molar-refractivity contribution in [1.29, 1.82) is 0 Å². The zero-order chi connectivity index (χ0) is 20.6. The molecule has 8 nitrogen and oxygen atoms in total. The molecule has 1 aliphatic rings. The van der Waals surface area contributed by atoms with Gasteiger partial charge in [-0.25, -0.2) is 4.79 Å². The van der Waals surface area contributed by atoms with Crippen molar-refractivity contribution in [1.82, 2.24) is 5.32 Å². The van der Waals surface area contributed by atoms with Gasteiger partial charge in [-0.2, -0.15) is 0 Å². The van der Waals surface area contributed by atoms with Gasteiger partial charge in [-0.15, -0.1) is 0 Å². The number of esters is 1. The van der Waals surface area contributed by atoms with Crippen molar-refractivity contribution in [3.05, 3.63) is 54.1 Å². The monoisotopic (exact) mass is 398 g/mol. The molecule has 0 saturated heterocycles. The molecule has 0 aromatic heterocycles. The molecule has 0 fully saturated rings. The molecule has 0 unspecified atom stereocenters. The van der Waals surface area contributed by atoms with E-state index in [0.717, 1.165) is 5.56 Å². The predicted molar refractivity (Wildman–Crippen MR) is 105 cm³/mol. The average Bonchev–Trinajstić information content (AvgIpc) is 2.73. The smallest absolute Gasteiger partial charge is 0.325 e. The minimum Gasteiger partial charge on any atom is -0.486 e. The summed E-state index contributed by atoms with van der Waals surface area (Å²) in [7, 11) is 0. The number of anilines is 1. The van der Waals surface area contributed by atoms with Gasteiger partial charge in [0.15, 0.2) is 18.1 Å². The van der Waals surface area contributed by atoms with E-state index in [9.17, 15) is 14.4 Å². The largest absolute Gasteiger partial charge is 0.486 e. The Morgan fingerprint density at radius 2 is 1.76 bits per heavy atom. The summed E-state index contributed by atoms with van der Waals surface area (Å²) in [6.45, 7) is 2.21. The molecule has 0 saturated carbocycles. The van der Waals surface area contributed by atoms with E-state index in [0.29, 0.717) is 36.8 Å². The van der Waals surface area contributed by atoms with Crippen molar-refractivity contribution in [2.75, 3.05) is 25.1 Å². The summed E-state index contributed by atoms with van der Waals surface area (Å²) in [5.74, 6) is -0.595. The van der Waals surface area contributed by atoms with Crippen LogP contribution in [0.5, 0.6) is 11.5 Å². The van der Waals surface area contributed by atoms with Crippen LogP contribution in [0.25, 0.3) is 0 Å². The molecule has 2 aromatic carbocycles. The van der Waals surface area contributed by atoms with E-state index in [-0.39, 0.29) is 0 Å². The SMILES string of the molecule is CC[C@H](C(=O)OCC(=O)NC(=O)Nc1ccc2c(c1)OCCO2)c1ccccc1. The second kappa shape index (κ2) is 9.59. The molecule has 0 bridgehead atoms. The standard InChI is InChI=1S/C21H22N2O6/c1-2-16(14-6-4-3-5-7-14)20(25)29-13-19(24)23-21(26)22-15-8-9-17-18(12-15)28-11-10-27-17/h3-9,12,16H,2,10-11,13H2,1H3,(H2,22,23,24,26)/t16-/m0/s1. The third-order valence-corrected chi connectivity index (χ3v) is 4.29. The maximum Gasteiger partial charge on any atom is 0.325 e. The van der Waals surface area contributed by atoms with Gasteiger partial charge < -0.3 is 19.5 Å². The van der Waals surface area contributed by atoms with Crippen LogP contribution < -0.4 is 20.1 Å². The first-order valence-corrected chi connectivity index (χ1v) is 9.29. The van der Waals surface area contributed by atoms with Crippen LogP contribution in [0, 0.1) is 0 Å². The Balaban J connectivity index is 1.47. The molecule has 2 N–H and O–H groups in total. The van der Waals surface area contributed by atoms with Gasteiger partial charge in [0, 0.05) is 11.8 Å². The number of carbonyl (C=O) groups is 3. The fourth-order valence-corrected chi connectivity index (χ4v) is 2.91. The fraction of sp³-hybridized carbons (Fsp3) is 0.286. The summed E-state index contributed by atoms with van der Waals surface area (Å²) in [6.07, 6.45) is 0.537. The van der Waals surface area contributed by atoms with Crippen molar-refractivity contribution in [2.45, 2.75) is 19.3 Å². The lowest BCUT2D eigenvalue weighted by atomic mass is 9.97. The zero-order valence-electron chi connectivity index (χ0n) is 16.0. The molecular weight excluding hydrogens is 376 g/mol. The van der Waals surface area contributed by atoms with Crippen LogP contribution in [0.1, 0.15) is 24.8 Å².